The SMILES string of the molecule is CCOC(=O)C1=C(c2ccccc2)N=c2s/c(=C3\C(=O)N(CC)c4ccc(Br)cc43)c(=O)n2[C@H]1c1ccc(OCC)cc1. The summed E-state index contributed by atoms with van der Waals surface area (Å²) in [7, 11) is 0. The van der Waals surface area contributed by atoms with Crippen LogP contribution in [-0.4, -0.2) is 36.2 Å². The Morgan fingerprint density at radius 3 is 2.40 bits per heavy atom. The molecule has 218 valence electrons. The number of rotatable bonds is 7. The van der Waals surface area contributed by atoms with Gasteiger partial charge in [0.15, 0.2) is 4.80 Å². The lowest BCUT2D eigenvalue weighted by molar-refractivity contribution is -0.138. The van der Waals surface area contributed by atoms with Crippen molar-refractivity contribution in [2.75, 3.05) is 24.7 Å². The predicted molar refractivity (Wildman–Crippen MR) is 170 cm³/mol. The summed E-state index contributed by atoms with van der Waals surface area (Å²) in [5, 5.41) is 0. The van der Waals surface area contributed by atoms with E-state index >= 15 is 0 Å². The van der Waals surface area contributed by atoms with Gasteiger partial charge in [0.1, 0.15) is 10.3 Å². The van der Waals surface area contributed by atoms with E-state index in [1.807, 2.05) is 86.6 Å². The van der Waals surface area contributed by atoms with E-state index in [1.54, 1.807) is 11.8 Å². The molecule has 6 rings (SSSR count). The molecule has 0 unspecified atom stereocenters. The van der Waals surface area contributed by atoms with E-state index in [1.165, 1.54) is 4.57 Å². The second kappa shape index (κ2) is 11.8. The number of carbonyl (C=O) groups excluding carboxylic acids is 2. The number of thiazole rings is 1. The van der Waals surface area contributed by atoms with Gasteiger partial charge in [0.2, 0.25) is 0 Å². The smallest absolute Gasteiger partial charge is 0.338 e. The zero-order chi connectivity index (χ0) is 30.2. The van der Waals surface area contributed by atoms with Gasteiger partial charge in [-0.3, -0.25) is 14.2 Å². The lowest BCUT2D eigenvalue weighted by Gasteiger charge is -2.26. The number of hydrogen-bond donors (Lipinski definition) is 0. The number of hydrogen-bond acceptors (Lipinski definition) is 7. The number of carbonyl (C=O) groups is 2. The number of aromatic nitrogens is 1. The second-order valence-electron chi connectivity index (χ2n) is 9.84. The highest BCUT2D eigenvalue weighted by atomic mass is 79.9. The van der Waals surface area contributed by atoms with E-state index in [2.05, 4.69) is 15.9 Å². The van der Waals surface area contributed by atoms with Crippen molar-refractivity contribution in [2.24, 2.45) is 4.99 Å². The molecular weight excluding hydrogens is 630 g/mol. The van der Waals surface area contributed by atoms with E-state index < -0.39 is 17.6 Å². The van der Waals surface area contributed by atoms with Crippen LogP contribution < -0.4 is 24.5 Å². The molecule has 1 aromatic heterocycles. The standard InChI is InChI=1S/C33H28BrN3O5S/c1-4-36-24-17-14-21(34)18-23(24)25(30(36)38)29-31(39)37-28(20-12-15-22(16-13-20)41-5-2)26(32(40)42-6-3)27(35-33(37)43-29)19-10-8-7-9-11-19/h7-18,28H,4-6H2,1-3H3/b29-25-/t28-/m0/s1. The van der Waals surface area contributed by atoms with Crippen LogP contribution in [0.3, 0.4) is 0 Å². The van der Waals surface area contributed by atoms with Crippen LogP contribution in [0, 0.1) is 0 Å². The van der Waals surface area contributed by atoms with Crippen LogP contribution in [-0.2, 0) is 14.3 Å². The van der Waals surface area contributed by atoms with Gasteiger partial charge in [-0.2, -0.15) is 0 Å². The number of halogens is 1. The largest absolute Gasteiger partial charge is 0.494 e. The quantitative estimate of drug-likeness (QED) is 0.266. The molecule has 0 bridgehead atoms. The minimum absolute atomic E-state index is 0.155. The van der Waals surface area contributed by atoms with Gasteiger partial charge in [-0.1, -0.05) is 69.7 Å². The number of esters is 1. The van der Waals surface area contributed by atoms with Gasteiger partial charge in [0, 0.05) is 22.1 Å². The second-order valence-corrected chi connectivity index (χ2v) is 11.7. The monoisotopic (exact) mass is 657 g/mol. The minimum Gasteiger partial charge on any atom is -0.494 e. The molecule has 2 aliphatic heterocycles. The van der Waals surface area contributed by atoms with Crippen LogP contribution >= 0.6 is 27.3 Å². The molecule has 3 heterocycles. The Morgan fingerprint density at radius 1 is 0.977 bits per heavy atom. The third kappa shape index (κ3) is 4.94. The van der Waals surface area contributed by atoms with Gasteiger partial charge in [0.05, 0.1) is 41.8 Å². The van der Waals surface area contributed by atoms with Crippen molar-refractivity contribution in [3.8, 4) is 5.75 Å². The van der Waals surface area contributed by atoms with Crippen LogP contribution in [0.1, 0.15) is 43.5 Å². The van der Waals surface area contributed by atoms with Crippen molar-refractivity contribution in [1.82, 2.24) is 4.57 Å². The van der Waals surface area contributed by atoms with Crippen molar-refractivity contribution in [2.45, 2.75) is 26.8 Å². The average Bonchev–Trinajstić information content (AvgIpc) is 3.48. The van der Waals surface area contributed by atoms with E-state index in [9.17, 15) is 14.4 Å². The van der Waals surface area contributed by atoms with Gasteiger partial charge >= 0.3 is 5.97 Å². The number of amides is 1. The Kier molecular flexibility index (Phi) is 7.89. The zero-order valence-electron chi connectivity index (χ0n) is 23.8. The van der Waals surface area contributed by atoms with Crippen molar-refractivity contribution in [1.29, 1.82) is 0 Å². The molecule has 0 spiro atoms. The molecule has 0 fully saturated rings. The van der Waals surface area contributed by atoms with Crippen molar-refractivity contribution in [3.05, 3.63) is 119 Å². The molecule has 4 aromatic rings. The molecule has 10 heteroatoms. The van der Waals surface area contributed by atoms with Crippen LogP contribution in [0.4, 0.5) is 5.69 Å². The Bertz CT molecular complexity index is 1960. The molecule has 8 nitrogen and oxygen atoms in total. The summed E-state index contributed by atoms with van der Waals surface area (Å²) in [6.45, 7) is 6.66. The van der Waals surface area contributed by atoms with Gasteiger partial charge in [0.25, 0.3) is 11.5 Å². The molecular formula is C33H28BrN3O5S. The number of ether oxygens (including phenoxy) is 2. The van der Waals surface area contributed by atoms with Gasteiger partial charge in [-0.25, -0.2) is 9.79 Å². The highest BCUT2D eigenvalue weighted by Gasteiger charge is 2.38. The average molecular weight is 659 g/mol. The van der Waals surface area contributed by atoms with Crippen LogP contribution in [0.5, 0.6) is 5.75 Å². The third-order valence-electron chi connectivity index (χ3n) is 7.38. The fraction of sp³-hybridized carbons (Fsp3) is 0.212. The predicted octanol–water partition coefficient (Wildman–Crippen LogP) is 4.83. The summed E-state index contributed by atoms with van der Waals surface area (Å²) in [4.78, 5) is 48.9. The Morgan fingerprint density at radius 2 is 1.72 bits per heavy atom. The lowest BCUT2D eigenvalue weighted by Crippen LogP contribution is -2.41. The van der Waals surface area contributed by atoms with Crippen molar-refractivity contribution < 1.29 is 19.1 Å². The van der Waals surface area contributed by atoms with Crippen molar-refractivity contribution in [3.63, 3.8) is 0 Å². The summed E-state index contributed by atoms with van der Waals surface area (Å²) >= 11 is 4.67. The maximum absolute atomic E-state index is 14.5. The first kappa shape index (κ1) is 28.8. The maximum Gasteiger partial charge on any atom is 0.338 e. The van der Waals surface area contributed by atoms with Crippen LogP contribution in [0.15, 0.2) is 92.6 Å². The van der Waals surface area contributed by atoms with E-state index in [-0.39, 0.29) is 22.6 Å². The summed E-state index contributed by atoms with van der Waals surface area (Å²) in [6.07, 6.45) is 0. The minimum atomic E-state index is -0.851. The molecule has 0 saturated carbocycles. The van der Waals surface area contributed by atoms with E-state index in [0.717, 1.165) is 21.5 Å². The van der Waals surface area contributed by atoms with Crippen molar-refractivity contribution >= 4 is 56.1 Å². The van der Waals surface area contributed by atoms with Gasteiger partial charge in [-0.15, -0.1) is 0 Å². The summed E-state index contributed by atoms with van der Waals surface area (Å²) in [5.41, 5.74) is 3.42. The number of anilines is 1. The summed E-state index contributed by atoms with van der Waals surface area (Å²) in [5.74, 6) is -0.138. The molecule has 43 heavy (non-hydrogen) atoms. The number of benzene rings is 3. The molecule has 1 atom stereocenters. The first-order valence-corrected chi connectivity index (χ1v) is 15.6. The number of likely N-dealkylation sites (N-methyl/N-ethyl adjacent to an activating group) is 1. The lowest BCUT2D eigenvalue weighted by atomic mass is 9.93. The molecule has 1 amide bonds. The molecule has 3 aromatic carbocycles. The summed E-state index contributed by atoms with van der Waals surface area (Å²) < 4.78 is 13.8. The fourth-order valence-corrected chi connectivity index (χ4v) is 7.01. The fourth-order valence-electron chi connectivity index (χ4n) is 5.56. The summed E-state index contributed by atoms with van der Waals surface area (Å²) in [6, 6.07) is 21.5. The van der Waals surface area contributed by atoms with E-state index in [4.69, 9.17) is 14.5 Å². The topological polar surface area (TPSA) is 90.2 Å². The molecule has 0 radical (unpaired) electrons. The highest BCUT2D eigenvalue weighted by molar-refractivity contribution is 9.10. The van der Waals surface area contributed by atoms with E-state index in [0.29, 0.717) is 51.7 Å². The van der Waals surface area contributed by atoms with Gasteiger partial charge < -0.3 is 14.4 Å². The third-order valence-corrected chi connectivity index (χ3v) is 8.92. The zero-order valence-corrected chi connectivity index (χ0v) is 26.2. The van der Waals surface area contributed by atoms with Gasteiger partial charge in [-0.05, 0) is 56.7 Å². The number of fused-ring (bicyclic) bond motifs is 2. The molecule has 2 aliphatic rings. The number of nitrogens with zero attached hydrogens (tertiary/aromatic N) is 3. The first-order valence-electron chi connectivity index (χ1n) is 14.0. The Labute approximate surface area is 260 Å². The normalized spacial score (nSPS) is 17.0. The Balaban J connectivity index is 1.70. The van der Waals surface area contributed by atoms with Crippen LogP contribution in [0.25, 0.3) is 11.3 Å². The molecule has 0 aliphatic carbocycles. The maximum atomic E-state index is 14.5. The molecule has 0 N–H and O–H groups in total. The highest BCUT2D eigenvalue weighted by Crippen LogP contribution is 2.38. The van der Waals surface area contributed by atoms with Crippen LogP contribution in [0.2, 0.25) is 0 Å². The first-order chi connectivity index (χ1) is 20.9. The molecule has 0 saturated heterocycles. The Hall–Kier alpha value is -4.28.